The Balaban J connectivity index is 1.20. The number of anilines is 2. The van der Waals surface area contributed by atoms with E-state index in [4.69, 9.17) is 4.74 Å². The van der Waals surface area contributed by atoms with Gasteiger partial charge in [0.25, 0.3) is 0 Å². The summed E-state index contributed by atoms with van der Waals surface area (Å²) < 4.78 is 60.2. The molecule has 1 aromatic heterocycles. The summed E-state index contributed by atoms with van der Waals surface area (Å²) in [5, 5.41) is 10.9. The minimum atomic E-state index is -4.54. The Morgan fingerprint density at radius 2 is 1.75 bits per heavy atom. The van der Waals surface area contributed by atoms with Gasteiger partial charge in [-0.3, -0.25) is 0 Å². The number of alkyl halides is 4. The lowest BCUT2D eigenvalue weighted by atomic mass is 10.00. The first kappa shape index (κ1) is 22.1. The monoisotopic (exact) mass is 457 g/mol. The zero-order valence-electron chi connectivity index (χ0n) is 18.2. The molecule has 4 heterocycles. The van der Waals surface area contributed by atoms with Crippen LogP contribution in [-0.4, -0.2) is 73.2 Å². The molecular formula is C22H31F4N5O. The Bertz CT molecular complexity index is 789. The van der Waals surface area contributed by atoms with Crippen molar-refractivity contribution in [1.82, 2.24) is 15.1 Å². The standard InChI is InChI=1S/C22H31F4N5O/c23-17-1-4-31(13-17)20-9-19(22(24,25)26)21(29-28-20)27-18-7-15-11-30(12-16(15)8-18)10-14-2-5-32-6-3-14/h9,14-18H,1-8,10-13H2,(H,27,29)/t15-,16+,17?,18?. The molecule has 0 aromatic carbocycles. The third-order valence-electron chi connectivity index (χ3n) is 7.57. The molecule has 2 unspecified atom stereocenters. The summed E-state index contributed by atoms with van der Waals surface area (Å²) in [7, 11) is 0. The average Bonchev–Trinajstić information content (AvgIpc) is 3.43. The molecule has 0 spiro atoms. The molecule has 5 rings (SSSR count). The molecule has 6 nitrogen and oxygen atoms in total. The van der Waals surface area contributed by atoms with Crippen molar-refractivity contribution in [3.63, 3.8) is 0 Å². The highest BCUT2D eigenvalue weighted by molar-refractivity contribution is 5.53. The van der Waals surface area contributed by atoms with Crippen molar-refractivity contribution in [3.8, 4) is 0 Å². The van der Waals surface area contributed by atoms with Crippen molar-refractivity contribution in [2.75, 3.05) is 56.2 Å². The summed E-state index contributed by atoms with van der Waals surface area (Å²) in [4.78, 5) is 4.06. The molecule has 3 aliphatic heterocycles. The number of likely N-dealkylation sites (tertiary alicyclic amines) is 1. The maximum Gasteiger partial charge on any atom is 0.420 e. The lowest BCUT2D eigenvalue weighted by Crippen LogP contribution is -2.32. The molecule has 10 heteroatoms. The summed E-state index contributed by atoms with van der Waals surface area (Å²) in [6.07, 6.45) is -1.33. The number of ether oxygens (including phenoxy) is 1. The van der Waals surface area contributed by atoms with Crippen LogP contribution in [0.4, 0.5) is 29.2 Å². The van der Waals surface area contributed by atoms with Crippen molar-refractivity contribution in [1.29, 1.82) is 0 Å². The number of aromatic nitrogens is 2. The van der Waals surface area contributed by atoms with Gasteiger partial charge in [0.05, 0.1) is 6.54 Å². The Kier molecular flexibility index (Phi) is 6.17. The van der Waals surface area contributed by atoms with Gasteiger partial charge in [-0.1, -0.05) is 0 Å². The van der Waals surface area contributed by atoms with Crippen LogP contribution in [0.3, 0.4) is 0 Å². The van der Waals surface area contributed by atoms with Crippen LogP contribution < -0.4 is 10.2 Å². The van der Waals surface area contributed by atoms with E-state index in [0.717, 1.165) is 64.6 Å². The fourth-order valence-corrected chi connectivity index (χ4v) is 5.94. The van der Waals surface area contributed by atoms with Crippen molar-refractivity contribution in [3.05, 3.63) is 11.6 Å². The summed E-state index contributed by atoms with van der Waals surface area (Å²) in [6.45, 7) is 5.28. The first-order chi connectivity index (χ1) is 15.3. The van der Waals surface area contributed by atoms with E-state index in [1.807, 2.05) is 0 Å². The predicted octanol–water partition coefficient (Wildman–Crippen LogP) is 3.59. The first-order valence-electron chi connectivity index (χ1n) is 11.8. The zero-order valence-corrected chi connectivity index (χ0v) is 18.2. The largest absolute Gasteiger partial charge is 0.420 e. The lowest BCUT2D eigenvalue weighted by Gasteiger charge is -2.28. The van der Waals surface area contributed by atoms with Crippen LogP contribution in [0.25, 0.3) is 0 Å². The lowest BCUT2D eigenvalue weighted by molar-refractivity contribution is -0.137. The molecule has 1 N–H and O–H groups in total. The molecular weight excluding hydrogens is 426 g/mol. The quantitative estimate of drug-likeness (QED) is 0.682. The topological polar surface area (TPSA) is 53.5 Å². The van der Waals surface area contributed by atoms with Crippen molar-refractivity contribution in [2.45, 2.75) is 50.5 Å². The van der Waals surface area contributed by atoms with E-state index in [1.54, 1.807) is 0 Å². The van der Waals surface area contributed by atoms with E-state index in [-0.39, 0.29) is 24.2 Å². The summed E-state index contributed by atoms with van der Waals surface area (Å²) >= 11 is 0. The highest BCUT2D eigenvalue weighted by Gasteiger charge is 2.43. The first-order valence-corrected chi connectivity index (χ1v) is 11.8. The Hall–Kier alpha value is -1.68. The molecule has 0 amide bonds. The van der Waals surface area contributed by atoms with Gasteiger partial charge in [-0.25, -0.2) is 4.39 Å². The van der Waals surface area contributed by atoms with E-state index >= 15 is 0 Å². The Morgan fingerprint density at radius 3 is 2.38 bits per heavy atom. The van der Waals surface area contributed by atoms with Gasteiger partial charge >= 0.3 is 6.18 Å². The van der Waals surface area contributed by atoms with Gasteiger partial charge in [0.2, 0.25) is 0 Å². The predicted molar refractivity (Wildman–Crippen MR) is 112 cm³/mol. The molecule has 4 fully saturated rings. The maximum atomic E-state index is 13.8. The number of hydrogen-bond acceptors (Lipinski definition) is 6. The smallest absolute Gasteiger partial charge is 0.381 e. The number of fused-ring (bicyclic) bond motifs is 1. The molecule has 32 heavy (non-hydrogen) atoms. The molecule has 4 atom stereocenters. The summed E-state index contributed by atoms with van der Waals surface area (Å²) in [5.74, 6) is 1.61. The highest BCUT2D eigenvalue weighted by atomic mass is 19.4. The number of hydrogen-bond donors (Lipinski definition) is 1. The number of halogens is 4. The van der Waals surface area contributed by atoms with Crippen LogP contribution in [0, 0.1) is 17.8 Å². The van der Waals surface area contributed by atoms with E-state index in [1.165, 1.54) is 4.90 Å². The van der Waals surface area contributed by atoms with Gasteiger partial charge in [0.15, 0.2) is 11.6 Å². The summed E-state index contributed by atoms with van der Waals surface area (Å²) in [6, 6.07) is 0.983. The number of rotatable bonds is 5. The van der Waals surface area contributed by atoms with Crippen LogP contribution in [-0.2, 0) is 10.9 Å². The van der Waals surface area contributed by atoms with Gasteiger partial charge in [0, 0.05) is 45.4 Å². The second-order valence-electron chi connectivity index (χ2n) is 9.90. The highest BCUT2D eigenvalue weighted by Crippen LogP contribution is 2.42. The molecule has 1 aliphatic carbocycles. The van der Waals surface area contributed by atoms with E-state index in [0.29, 0.717) is 30.7 Å². The minimum Gasteiger partial charge on any atom is -0.381 e. The number of nitrogens with one attached hydrogen (secondary N) is 1. The van der Waals surface area contributed by atoms with Crippen LogP contribution in [0.2, 0.25) is 0 Å². The minimum absolute atomic E-state index is 0.0292. The van der Waals surface area contributed by atoms with Crippen LogP contribution in [0.15, 0.2) is 6.07 Å². The maximum absolute atomic E-state index is 13.8. The third-order valence-corrected chi connectivity index (χ3v) is 7.57. The molecule has 1 aromatic rings. The fourth-order valence-electron chi connectivity index (χ4n) is 5.94. The molecule has 3 saturated heterocycles. The van der Waals surface area contributed by atoms with Gasteiger partial charge < -0.3 is 19.9 Å². The van der Waals surface area contributed by atoms with Crippen LogP contribution in [0.1, 0.15) is 37.7 Å². The van der Waals surface area contributed by atoms with Gasteiger partial charge in [-0.05, 0) is 55.9 Å². The van der Waals surface area contributed by atoms with E-state index in [9.17, 15) is 17.6 Å². The molecule has 178 valence electrons. The van der Waals surface area contributed by atoms with Gasteiger partial charge in [0.1, 0.15) is 11.7 Å². The average molecular weight is 458 g/mol. The van der Waals surface area contributed by atoms with Crippen LogP contribution >= 0.6 is 0 Å². The molecule has 1 saturated carbocycles. The number of nitrogens with zero attached hydrogens (tertiary/aromatic N) is 4. The Morgan fingerprint density at radius 1 is 1.03 bits per heavy atom. The molecule has 0 bridgehead atoms. The SMILES string of the molecule is FC1CCN(c2cc(C(F)(F)F)c(NC3C[C@@H]4CN(CC5CCOCC5)C[C@@H]4C3)nn2)C1. The molecule has 4 aliphatic rings. The summed E-state index contributed by atoms with van der Waals surface area (Å²) in [5.41, 5.74) is -0.817. The third kappa shape index (κ3) is 4.81. The van der Waals surface area contributed by atoms with Gasteiger partial charge in [-0.2, -0.15) is 13.2 Å². The van der Waals surface area contributed by atoms with E-state index < -0.39 is 17.9 Å². The second-order valence-corrected chi connectivity index (χ2v) is 9.90. The second kappa shape index (κ2) is 8.93. The van der Waals surface area contributed by atoms with Crippen molar-refractivity contribution >= 4 is 11.6 Å². The Labute approximate surface area is 185 Å². The van der Waals surface area contributed by atoms with Crippen molar-refractivity contribution < 1.29 is 22.3 Å². The zero-order chi connectivity index (χ0) is 22.3. The van der Waals surface area contributed by atoms with Crippen molar-refractivity contribution in [2.24, 2.45) is 17.8 Å². The van der Waals surface area contributed by atoms with Gasteiger partial charge in [-0.15, -0.1) is 10.2 Å². The van der Waals surface area contributed by atoms with E-state index in [2.05, 4.69) is 20.4 Å². The normalized spacial score (nSPS) is 31.9. The molecule has 0 radical (unpaired) electrons. The van der Waals surface area contributed by atoms with Crippen LogP contribution in [0.5, 0.6) is 0 Å². The fraction of sp³-hybridized carbons (Fsp3) is 0.818.